The monoisotopic (exact) mass is 293 g/mol. The summed E-state index contributed by atoms with van der Waals surface area (Å²) in [5, 5.41) is 12.0. The summed E-state index contributed by atoms with van der Waals surface area (Å²) in [6.45, 7) is 0.490. The highest BCUT2D eigenvalue weighted by molar-refractivity contribution is 7.99. The maximum absolute atomic E-state index is 11.5. The molecule has 0 radical (unpaired) electrons. The van der Waals surface area contributed by atoms with Gasteiger partial charge >= 0.3 is 4.87 Å². The van der Waals surface area contributed by atoms with Gasteiger partial charge in [-0.1, -0.05) is 17.4 Å². The van der Waals surface area contributed by atoms with Crippen molar-refractivity contribution in [1.82, 2.24) is 14.0 Å². The van der Waals surface area contributed by atoms with Crippen molar-refractivity contribution in [3.05, 3.63) is 45.6 Å². The van der Waals surface area contributed by atoms with Crippen LogP contribution in [-0.4, -0.2) is 24.8 Å². The van der Waals surface area contributed by atoms with Crippen molar-refractivity contribution in [2.24, 2.45) is 0 Å². The van der Waals surface area contributed by atoms with E-state index in [-0.39, 0.29) is 10.8 Å². The molecule has 3 aromatic rings. The van der Waals surface area contributed by atoms with Crippen LogP contribution in [0, 0.1) is 0 Å². The normalized spacial score (nSPS) is 11.2. The van der Waals surface area contributed by atoms with Gasteiger partial charge in [-0.3, -0.25) is 13.8 Å². The molecule has 5 nitrogen and oxygen atoms in total. The molecule has 0 amide bonds. The van der Waals surface area contributed by atoms with E-state index in [1.165, 1.54) is 9.95 Å². The number of hydrogen-bond donors (Lipinski definition) is 1. The lowest BCUT2D eigenvalue weighted by Gasteiger charge is -2.05. The highest BCUT2D eigenvalue weighted by atomic mass is 32.2. The van der Waals surface area contributed by atoms with E-state index in [4.69, 9.17) is 0 Å². The lowest BCUT2D eigenvalue weighted by Crippen LogP contribution is -2.13. The van der Waals surface area contributed by atoms with Crippen molar-refractivity contribution in [2.75, 3.05) is 5.75 Å². The standard InChI is InChI=1S/C12H11N3O2S2/c16-10-8-19-12(17)15(10)6-7-18-11-3-1-2-9-13-4-5-14(9)11/h1-5,8,16H,6-7H2. The average Bonchev–Trinajstić information content (AvgIpc) is 3.00. The summed E-state index contributed by atoms with van der Waals surface area (Å²) in [6.07, 6.45) is 3.67. The molecule has 3 rings (SSSR count). The molecule has 1 N–H and O–H groups in total. The third-order valence-corrected chi connectivity index (χ3v) is 4.48. The van der Waals surface area contributed by atoms with Gasteiger partial charge in [-0.15, -0.1) is 11.8 Å². The second-order valence-electron chi connectivity index (χ2n) is 3.88. The first-order chi connectivity index (χ1) is 9.25. The number of pyridine rings is 1. The van der Waals surface area contributed by atoms with Gasteiger partial charge in [0, 0.05) is 24.7 Å². The first kappa shape index (κ1) is 12.3. The molecule has 19 heavy (non-hydrogen) atoms. The van der Waals surface area contributed by atoms with E-state index in [0.29, 0.717) is 12.3 Å². The van der Waals surface area contributed by atoms with E-state index in [1.807, 2.05) is 28.8 Å². The molecule has 3 heterocycles. The van der Waals surface area contributed by atoms with Gasteiger partial charge in [0.25, 0.3) is 0 Å². The Morgan fingerprint density at radius 3 is 3.11 bits per heavy atom. The van der Waals surface area contributed by atoms with Crippen LogP contribution in [-0.2, 0) is 6.54 Å². The van der Waals surface area contributed by atoms with Crippen molar-refractivity contribution < 1.29 is 5.11 Å². The largest absolute Gasteiger partial charge is 0.494 e. The Labute approximate surface area is 117 Å². The third-order valence-electron chi connectivity index (χ3n) is 2.72. The van der Waals surface area contributed by atoms with E-state index in [9.17, 15) is 9.90 Å². The molecule has 0 aliphatic rings. The van der Waals surface area contributed by atoms with Gasteiger partial charge in [0.1, 0.15) is 5.65 Å². The number of hydrogen-bond acceptors (Lipinski definition) is 5. The fourth-order valence-electron chi connectivity index (χ4n) is 1.81. The molecule has 0 aromatic carbocycles. The smallest absolute Gasteiger partial charge is 0.310 e. The summed E-state index contributed by atoms with van der Waals surface area (Å²) in [4.78, 5) is 15.5. The Morgan fingerprint density at radius 2 is 2.32 bits per heavy atom. The highest BCUT2D eigenvalue weighted by Gasteiger charge is 2.06. The molecular weight excluding hydrogens is 282 g/mol. The molecule has 0 spiro atoms. The van der Waals surface area contributed by atoms with Crippen LogP contribution in [0.3, 0.4) is 0 Å². The summed E-state index contributed by atoms with van der Waals surface area (Å²) >= 11 is 2.64. The zero-order valence-corrected chi connectivity index (χ0v) is 11.5. The van der Waals surface area contributed by atoms with Crippen LogP contribution in [0.5, 0.6) is 5.88 Å². The molecule has 0 aliphatic carbocycles. The van der Waals surface area contributed by atoms with Crippen LogP contribution in [0.25, 0.3) is 5.65 Å². The quantitative estimate of drug-likeness (QED) is 0.748. The second-order valence-corrected chi connectivity index (χ2v) is 5.82. The van der Waals surface area contributed by atoms with Gasteiger partial charge < -0.3 is 5.11 Å². The van der Waals surface area contributed by atoms with Gasteiger partial charge in [-0.2, -0.15) is 0 Å². The van der Waals surface area contributed by atoms with Crippen LogP contribution in [0.15, 0.2) is 45.8 Å². The molecule has 0 saturated heterocycles. The number of aromatic hydroxyl groups is 1. The van der Waals surface area contributed by atoms with Gasteiger partial charge in [-0.25, -0.2) is 4.98 Å². The van der Waals surface area contributed by atoms with E-state index in [2.05, 4.69) is 4.98 Å². The van der Waals surface area contributed by atoms with Gasteiger partial charge in [0.15, 0.2) is 0 Å². The topological polar surface area (TPSA) is 59.5 Å². The predicted molar refractivity (Wildman–Crippen MR) is 76.2 cm³/mol. The second kappa shape index (κ2) is 5.10. The van der Waals surface area contributed by atoms with Crippen LogP contribution >= 0.6 is 23.1 Å². The van der Waals surface area contributed by atoms with E-state index in [1.54, 1.807) is 18.0 Å². The summed E-state index contributed by atoms with van der Waals surface area (Å²) in [6, 6.07) is 5.91. The summed E-state index contributed by atoms with van der Waals surface area (Å²) in [5.41, 5.74) is 0.903. The molecule has 7 heteroatoms. The maximum Gasteiger partial charge on any atom is 0.310 e. The zero-order valence-electron chi connectivity index (χ0n) is 9.89. The number of aromatic nitrogens is 3. The summed E-state index contributed by atoms with van der Waals surface area (Å²) in [7, 11) is 0. The zero-order chi connectivity index (χ0) is 13.2. The molecule has 0 unspecified atom stereocenters. The number of fused-ring (bicyclic) bond motifs is 1. The van der Waals surface area contributed by atoms with Gasteiger partial charge in [0.05, 0.1) is 10.4 Å². The van der Waals surface area contributed by atoms with Crippen LogP contribution in [0.2, 0.25) is 0 Å². The molecule has 0 atom stereocenters. The van der Waals surface area contributed by atoms with Crippen molar-refractivity contribution in [3.8, 4) is 5.88 Å². The minimum Gasteiger partial charge on any atom is -0.494 e. The Hall–Kier alpha value is -1.73. The minimum atomic E-state index is -0.126. The number of thiazole rings is 1. The predicted octanol–water partition coefficient (Wildman–Crippen LogP) is 2.06. The lowest BCUT2D eigenvalue weighted by molar-refractivity contribution is 0.419. The lowest BCUT2D eigenvalue weighted by atomic mass is 10.5. The molecule has 98 valence electrons. The van der Waals surface area contributed by atoms with Crippen LogP contribution in [0.1, 0.15) is 0 Å². The number of thioether (sulfide) groups is 1. The maximum atomic E-state index is 11.5. The number of rotatable bonds is 4. The highest BCUT2D eigenvalue weighted by Crippen LogP contribution is 2.20. The minimum absolute atomic E-state index is 0.0384. The number of nitrogens with zero attached hydrogens (tertiary/aromatic N) is 3. The van der Waals surface area contributed by atoms with Crippen LogP contribution in [0.4, 0.5) is 0 Å². The molecule has 0 saturated carbocycles. The SMILES string of the molecule is O=c1scc(O)n1CCSc1cccc2nccn12. The Bertz CT molecular complexity index is 760. The Kier molecular flexibility index (Phi) is 3.31. The van der Waals surface area contributed by atoms with Crippen LogP contribution < -0.4 is 4.87 Å². The van der Waals surface area contributed by atoms with Crippen molar-refractivity contribution in [1.29, 1.82) is 0 Å². The molecule has 0 aliphatic heterocycles. The van der Waals surface area contributed by atoms with E-state index < -0.39 is 0 Å². The van der Waals surface area contributed by atoms with Gasteiger partial charge in [-0.05, 0) is 12.1 Å². The van der Waals surface area contributed by atoms with Gasteiger partial charge in [0.2, 0.25) is 5.88 Å². The molecule has 0 bridgehead atoms. The third kappa shape index (κ3) is 2.39. The Morgan fingerprint density at radius 1 is 1.42 bits per heavy atom. The van der Waals surface area contributed by atoms with E-state index >= 15 is 0 Å². The van der Waals surface area contributed by atoms with Crippen molar-refractivity contribution >= 4 is 28.7 Å². The molecular formula is C12H11N3O2S2. The fourth-order valence-corrected chi connectivity index (χ4v) is 3.41. The first-order valence-electron chi connectivity index (χ1n) is 5.68. The molecule has 3 aromatic heterocycles. The first-order valence-corrected chi connectivity index (χ1v) is 7.54. The molecule has 0 fully saturated rings. The fraction of sp³-hybridized carbons (Fsp3) is 0.167. The number of imidazole rings is 1. The summed E-state index contributed by atoms with van der Waals surface area (Å²) < 4.78 is 3.38. The van der Waals surface area contributed by atoms with Crippen molar-refractivity contribution in [3.63, 3.8) is 0 Å². The Balaban J connectivity index is 1.73. The van der Waals surface area contributed by atoms with E-state index in [0.717, 1.165) is 22.0 Å². The average molecular weight is 293 g/mol. The summed E-state index contributed by atoms with van der Waals surface area (Å²) in [5.74, 6) is 0.748. The van der Waals surface area contributed by atoms with Crippen molar-refractivity contribution in [2.45, 2.75) is 11.6 Å².